The number of nitrogens with zero attached hydrogens (tertiary/aromatic N) is 2. The molecule has 4 rings (SSSR count). The maximum absolute atomic E-state index is 13.0. The van der Waals surface area contributed by atoms with E-state index in [0.29, 0.717) is 27.7 Å². The largest absolute Gasteiger partial charge is 0.272 e. The maximum Gasteiger partial charge on any atom is 0.272 e. The molecule has 3 aromatic rings. The van der Waals surface area contributed by atoms with Gasteiger partial charge < -0.3 is 0 Å². The molecule has 1 aliphatic carbocycles. The highest BCUT2D eigenvalue weighted by Gasteiger charge is 2.18. The lowest BCUT2D eigenvalue weighted by Crippen LogP contribution is -2.24. The number of rotatable bonds is 3. The summed E-state index contributed by atoms with van der Waals surface area (Å²) >= 11 is 6.39. The van der Waals surface area contributed by atoms with Gasteiger partial charge in [0.15, 0.2) is 0 Å². The van der Waals surface area contributed by atoms with E-state index in [-0.39, 0.29) is 5.91 Å². The molecule has 0 aliphatic heterocycles. The minimum Gasteiger partial charge on any atom is -0.267 e. The molecule has 28 heavy (non-hydrogen) atoms. The fraction of sp³-hybridized carbons (Fsp3) is 0.261. The predicted molar refractivity (Wildman–Crippen MR) is 115 cm³/mol. The Morgan fingerprint density at radius 3 is 2.75 bits per heavy atom. The number of aromatic nitrogens is 1. The number of para-hydroxylation sites is 1. The van der Waals surface area contributed by atoms with Gasteiger partial charge in [-0.05, 0) is 37.3 Å². The molecule has 0 bridgehead atoms. The second-order valence-corrected chi connectivity index (χ2v) is 7.66. The fourth-order valence-corrected chi connectivity index (χ4v) is 3.89. The van der Waals surface area contributed by atoms with Crippen LogP contribution in [-0.2, 0) is 0 Å². The number of hydrogen-bond donors (Lipinski definition) is 1. The molecular weight excluding hydrogens is 370 g/mol. The first-order valence-corrected chi connectivity index (χ1v) is 10.0. The summed E-state index contributed by atoms with van der Waals surface area (Å²) in [4.78, 5) is 17.7. The minimum atomic E-state index is -0.239. The van der Waals surface area contributed by atoms with Crippen molar-refractivity contribution in [2.45, 2.75) is 32.6 Å². The first-order valence-electron chi connectivity index (χ1n) is 9.65. The number of benzene rings is 2. The number of hydrogen-bond acceptors (Lipinski definition) is 3. The van der Waals surface area contributed by atoms with Crippen LogP contribution in [0.25, 0.3) is 22.2 Å². The molecule has 0 spiro atoms. The molecule has 2 aromatic carbocycles. The Balaban J connectivity index is 1.75. The van der Waals surface area contributed by atoms with Crippen molar-refractivity contribution in [2.24, 2.45) is 11.0 Å². The topological polar surface area (TPSA) is 54.4 Å². The van der Waals surface area contributed by atoms with E-state index in [0.717, 1.165) is 35.9 Å². The van der Waals surface area contributed by atoms with Crippen LogP contribution in [0.4, 0.5) is 0 Å². The van der Waals surface area contributed by atoms with Gasteiger partial charge in [-0.3, -0.25) is 4.79 Å². The quantitative estimate of drug-likeness (QED) is 0.569. The van der Waals surface area contributed by atoms with Crippen LogP contribution >= 0.6 is 11.6 Å². The Morgan fingerprint density at radius 1 is 1.14 bits per heavy atom. The van der Waals surface area contributed by atoms with Gasteiger partial charge in [0.25, 0.3) is 5.91 Å². The van der Waals surface area contributed by atoms with Crippen molar-refractivity contribution in [3.8, 4) is 11.3 Å². The van der Waals surface area contributed by atoms with E-state index in [4.69, 9.17) is 16.6 Å². The molecule has 142 valence electrons. The first kappa shape index (κ1) is 18.6. The number of fused-ring (bicyclic) bond motifs is 1. The van der Waals surface area contributed by atoms with Gasteiger partial charge in [0.05, 0.1) is 21.8 Å². The van der Waals surface area contributed by atoms with Crippen molar-refractivity contribution in [3.05, 3.63) is 65.2 Å². The van der Waals surface area contributed by atoms with Gasteiger partial charge in [0.2, 0.25) is 0 Å². The zero-order valence-corrected chi connectivity index (χ0v) is 16.5. The molecule has 4 nitrogen and oxygen atoms in total. The number of carbonyl (C=O) groups is 1. The fourth-order valence-electron chi connectivity index (χ4n) is 3.68. The zero-order valence-electron chi connectivity index (χ0n) is 15.8. The number of pyridine rings is 1. The molecule has 0 unspecified atom stereocenters. The monoisotopic (exact) mass is 391 g/mol. The Kier molecular flexibility index (Phi) is 5.40. The van der Waals surface area contributed by atoms with Crippen molar-refractivity contribution in [2.75, 3.05) is 0 Å². The standard InChI is InChI=1S/C23H22ClN3O/c1-15-8-5-6-13-20(15)26-27-23(28)18-14-21(16-9-3-2-4-10-16)25-22-17(18)11-7-12-19(22)24/h2-4,7,9-12,14-15H,5-6,8,13H2,1H3,(H,27,28)/b26-20-/t15-/m1/s1. The molecule has 1 heterocycles. The second-order valence-electron chi connectivity index (χ2n) is 7.25. The van der Waals surface area contributed by atoms with Gasteiger partial charge in [0, 0.05) is 16.7 Å². The lowest BCUT2D eigenvalue weighted by atomic mass is 9.89. The molecule has 5 heteroatoms. The third kappa shape index (κ3) is 3.78. The van der Waals surface area contributed by atoms with Crippen molar-refractivity contribution in [1.29, 1.82) is 0 Å². The summed E-state index contributed by atoms with van der Waals surface area (Å²) in [5, 5.41) is 5.68. The van der Waals surface area contributed by atoms with Crippen LogP contribution in [0.5, 0.6) is 0 Å². The van der Waals surface area contributed by atoms with E-state index < -0.39 is 0 Å². The van der Waals surface area contributed by atoms with Crippen molar-refractivity contribution in [3.63, 3.8) is 0 Å². The van der Waals surface area contributed by atoms with E-state index in [1.807, 2.05) is 48.5 Å². The third-order valence-electron chi connectivity index (χ3n) is 5.29. The Labute approximate surface area is 169 Å². The van der Waals surface area contributed by atoms with Crippen LogP contribution in [0, 0.1) is 5.92 Å². The molecule has 0 saturated heterocycles. The number of halogens is 1. The van der Waals surface area contributed by atoms with Gasteiger partial charge >= 0.3 is 0 Å². The summed E-state index contributed by atoms with van der Waals surface area (Å²) in [5.74, 6) is 0.176. The summed E-state index contributed by atoms with van der Waals surface area (Å²) in [5.41, 5.74) is 6.63. The number of hydrazone groups is 1. The van der Waals surface area contributed by atoms with Crippen molar-refractivity contribution in [1.82, 2.24) is 10.4 Å². The SMILES string of the molecule is C[C@@H]1CCCC/C1=N/NC(=O)c1cc(-c2ccccc2)nc2c(Cl)cccc12. The summed E-state index contributed by atoms with van der Waals surface area (Å²) in [7, 11) is 0. The third-order valence-corrected chi connectivity index (χ3v) is 5.60. The van der Waals surface area contributed by atoms with Gasteiger partial charge in [-0.2, -0.15) is 5.10 Å². The van der Waals surface area contributed by atoms with Crippen LogP contribution in [-0.4, -0.2) is 16.6 Å². The molecule has 1 atom stereocenters. The first-order chi connectivity index (χ1) is 13.6. The molecular formula is C23H22ClN3O. The highest BCUT2D eigenvalue weighted by Crippen LogP contribution is 2.29. The van der Waals surface area contributed by atoms with E-state index in [1.54, 1.807) is 6.07 Å². The summed E-state index contributed by atoms with van der Waals surface area (Å²) in [6, 6.07) is 17.1. The van der Waals surface area contributed by atoms with Gasteiger partial charge in [-0.15, -0.1) is 0 Å². The van der Waals surface area contributed by atoms with Crippen LogP contribution in [0.1, 0.15) is 43.0 Å². The predicted octanol–water partition coefficient (Wildman–Crippen LogP) is 5.85. The summed E-state index contributed by atoms with van der Waals surface area (Å²) < 4.78 is 0. The average Bonchev–Trinajstić information content (AvgIpc) is 2.73. The van der Waals surface area contributed by atoms with Crippen LogP contribution in [0.2, 0.25) is 5.02 Å². The number of nitrogens with one attached hydrogen (secondary N) is 1. The number of amides is 1. The normalized spacial score (nSPS) is 18.4. The summed E-state index contributed by atoms with van der Waals surface area (Å²) in [6.07, 6.45) is 4.42. The van der Waals surface area contributed by atoms with E-state index in [1.165, 1.54) is 6.42 Å². The molecule has 1 amide bonds. The van der Waals surface area contributed by atoms with Crippen LogP contribution < -0.4 is 5.43 Å². The highest BCUT2D eigenvalue weighted by molar-refractivity contribution is 6.35. The second kappa shape index (κ2) is 8.11. The lowest BCUT2D eigenvalue weighted by molar-refractivity contribution is 0.0956. The Bertz CT molecular complexity index is 1050. The highest BCUT2D eigenvalue weighted by atomic mass is 35.5. The number of carbonyl (C=O) groups excluding carboxylic acids is 1. The van der Waals surface area contributed by atoms with Crippen LogP contribution in [0.15, 0.2) is 59.7 Å². The van der Waals surface area contributed by atoms with Gasteiger partial charge in [0.1, 0.15) is 0 Å². The smallest absolute Gasteiger partial charge is 0.267 e. The van der Waals surface area contributed by atoms with E-state index in [2.05, 4.69) is 17.5 Å². The van der Waals surface area contributed by atoms with Crippen molar-refractivity contribution < 1.29 is 4.79 Å². The van der Waals surface area contributed by atoms with Crippen LogP contribution in [0.3, 0.4) is 0 Å². The zero-order chi connectivity index (χ0) is 19.5. The Morgan fingerprint density at radius 2 is 1.96 bits per heavy atom. The van der Waals surface area contributed by atoms with E-state index in [9.17, 15) is 4.79 Å². The molecule has 1 saturated carbocycles. The molecule has 1 N–H and O–H groups in total. The lowest BCUT2D eigenvalue weighted by Gasteiger charge is -2.20. The van der Waals surface area contributed by atoms with Gasteiger partial charge in [-0.25, -0.2) is 10.4 Å². The average molecular weight is 392 g/mol. The van der Waals surface area contributed by atoms with E-state index >= 15 is 0 Å². The minimum absolute atomic E-state index is 0.239. The molecule has 1 aromatic heterocycles. The Hall–Kier alpha value is -2.72. The van der Waals surface area contributed by atoms with Gasteiger partial charge in [-0.1, -0.05) is 67.4 Å². The molecule has 1 aliphatic rings. The maximum atomic E-state index is 13.0. The summed E-state index contributed by atoms with van der Waals surface area (Å²) in [6.45, 7) is 2.17. The van der Waals surface area contributed by atoms with Crippen molar-refractivity contribution >= 4 is 34.1 Å². The molecule has 1 fully saturated rings. The molecule has 0 radical (unpaired) electrons.